The molecular formula is C10H22ClNO2S. The van der Waals surface area contributed by atoms with E-state index in [4.69, 9.17) is 4.74 Å². The van der Waals surface area contributed by atoms with E-state index in [1.807, 2.05) is 6.26 Å². The lowest BCUT2D eigenvalue weighted by Crippen LogP contribution is -3.00. The van der Waals surface area contributed by atoms with Crippen LogP contribution in [-0.2, 0) is 9.53 Å². The first-order valence-electron chi connectivity index (χ1n) is 5.21. The molecule has 3 nitrogen and oxygen atoms in total. The molecule has 0 spiro atoms. The maximum Gasteiger partial charge on any atom is 0.364 e. The molecule has 0 aromatic carbocycles. The van der Waals surface area contributed by atoms with Crippen LogP contribution in [0.2, 0.25) is 0 Å². The molecule has 0 aliphatic heterocycles. The van der Waals surface area contributed by atoms with Gasteiger partial charge in [0.25, 0.3) is 0 Å². The Balaban J connectivity index is 0. The minimum atomic E-state index is -0.191. The quantitative estimate of drug-likeness (QED) is 0.407. The summed E-state index contributed by atoms with van der Waals surface area (Å²) in [5.41, 5.74) is 3.79. The van der Waals surface area contributed by atoms with Gasteiger partial charge in [-0.1, -0.05) is 19.8 Å². The van der Waals surface area contributed by atoms with E-state index in [-0.39, 0.29) is 24.4 Å². The molecule has 0 saturated heterocycles. The highest BCUT2D eigenvalue weighted by Crippen LogP contribution is 2.00. The van der Waals surface area contributed by atoms with Gasteiger partial charge < -0.3 is 22.9 Å². The van der Waals surface area contributed by atoms with Gasteiger partial charge in [0.15, 0.2) is 6.04 Å². The van der Waals surface area contributed by atoms with Crippen LogP contribution in [0, 0.1) is 0 Å². The van der Waals surface area contributed by atoms with Gasteiger partial charge in [0, 0.05) is 6.42 Å². The van der Waals surface area contributed by atoms with E-state index in [0.29, 0.717) is 6.61 Å². The number of hydrogen-bond donors (Lipinski definition) is 1. The molecule has 5 heteroatoms. The minimum absolute atomic E-state index is 0. The fraction of sp³-hybridized carbons (Fsp3) is 0.900. The third-order valence-corrected chi connectivity index (χ3v) is 2.64. The second-order valence-electron chi connectivity index (χ2n) is 3.35. The van der Waals surface area contributed by atoms with Gasteiger partial charge in [-0.3, -0.25) is 0 Å². The monoisotopic (exact) mass is 255 g/mol. The largest absolute Gasteiger partial charge is 1.00 e. The summed E-state index contributed by atoms with van der Waals surface area (Å²) in [6.45, 7) is 2.68. The number of rotatable bonds is 8. The summed E-state index contributed by atoms with van der Waals surface area (Å²) in [6.07, 6.45) is 6.09. The maximum absolute atomic E-state index is 11.3. The number of ether oxygens (including phenoxy) is 1. The number of halogens is 1. The van der Waals surface area contributed by atoms with E-state index in [2.05, 4.69) is 12.7 Å². The predicted octanol–water partition coefficient (Wildman–Crippen LogP) is -1.91. The van der Waals surface area contributed by atoms with Crippen LogP contribution in [-0.4, -0.2) is 30.6 Å². The SMILES string of the molecule is CCCCCOC(=O)[C@H]([NH3+])CCSC.[Cl-]. The highest BCUT2D eigenvalue weighted by molar-refractivity contribution is 7.98. The van der Waals surface area contributed by atoms with Crippen LogP contribution < -0.4 is 18.1 Å². The molecule has 0 aromatic rings. The van der Waals surface area contributed by atoms with Crippen molar-refractivity contribution in [2.24, 2.45) is 0 Å². The van der Waals surface area contributed by atoms with Crippen molar-refractivity contribution in [3.8, 4) is 0 Å². The first kappa shape index (κ1) is 17.5. The number of thioether (sulfide) groups is 1. The molecule has 0 bridgehead atoms. The Hall–Kier alpha value is 0.0700. The van der Waals surface area contributed by atoms with Crippen molar-refractivity contribution < 1.29 is 27.7 Å². The summed E-state index contributed by atoms with van der Waals surface area (Å²) < 4.78 is 5.09. The fourth-order valence-corrected chi connectivity index (χ4v) is 1.54. The lowest BCUT2D eigenvalue weighted by Gasteiger charge is -2.07. The third-order valence-electron chi connectivity index (χ3n) is 2.00. The lowest BCUT2D eigenvalue weighted by atomic mass is 10.2. The van der Waals surface area contributed by atoms with E-state index in [1.165, 1.54) is 0 Å². The number of hydrogen-bond acceptors (Lipinski definition) is 3. The molecule has 1 atom stereocenters. The van der Waals surface area contributed by atoms with Crippen LogP contribution in [0.1, 0.15) is 32.6 Å². The Labute approximate surface area is 103 Å². The summed E-state index contributed by atoms with van der Waals surface area (Å²) in [6, 6.07) is -0.191. The Morgan fingerprint density at radius 1 is 1.47 bits per heavy atom. The first-order valence-corrected chi connectivity index (χ1v) is 6.60. The van der Waals surface area contributed by atoms with Crippen LogP contribution in [0.25, 0.3) is 0 Å². The Morgan fingerprint density at radius 2 is 2.13 bits per heavy atom. The number of carbonyl (C=O) groups is 1. The fourth-order valence-electron chi connectivity index (χ4n) is 1.02. The van der Waals surface area contributed by atoms with Gasteiger partial charge in [-0.2, -0.15) is 11.8 Å². The lowest BCUT2D eigenvalue weighted by molar-refractivity contribution is -0.408. The van der Waals surface area contributed by atoms with Crippen molar-refractivity contribution in [2.75, 3.05) is 18.6 Å². The Morgan fingerprint density at radius 3 is 2.67 bits per heavy atom. The molecule has 0 aliphatic rings. The van der Waals surface area contributed by atoms with Crippen LogP contribution >= 0.6 is 11.8 Å². The highest BCUT2D eigenvalue weighted by Gasteiger charge is 2.17. The predicted molar refractivity (Wildman–Crippen MR) is 60.2 cm³/mol. The molecule has 0 aliphatic carbocycles. The maximum atomic E-state index is 11.3. The van der Waals surface area contributed by atoms with Gasteiger partial charge in [-0.15, -0.1) is 0 Å². The molecule has 0 amide bonds. The second kappa shape index (κ2) is 12.1. The van der Waals surface area contributed by atoms with Gasteiger partial charge in [0.05, 0.1) is 6.61 Å². The zero-order valence-electron chi connectivity index (χ0n) is 9.63. The van der Waals surface area contributed by atoms with Crippen molar-refractivity contribution in [3.05, 3.63) is 0 Å². The molecule has 0 unspecified atom stereocenters. The summed E-state index contributed by atoms with van der Waals surface area (Å²) >= 11 is 1.73. The molecule has 92 valence electrons. The van der Waals surface area contributed by atoms with E-state index in [9.17, 15) is 4.79 Å². The smallest absolute Gasteiger partial charge is 0.364 e. The van der Waals surface area contributed by atoms with Crippen molar-refractivity contribution in [3.63, 3.8) is 0 Å². The number of unbranched alkanes of at least 4 members (excludes halogenated alkanes) is 2. The molecule has 0 fully saturated rings. The molecule has 0 radical (unpaired) electrons. The summed E-state index contributed by atoms with van der Waals surface area (Å²) in [4.78, 5) is 11.3. The zero-order chi connectivity index (χ0) is 10.8. The molecular weight excluding hydrogens is 234 g/mol. The van der Waals surface area contributed by atoms with Crippen LogP contribution in [0.5, 0.6) is 0 Å². The Kier molecular flexibility index (Phi) is 14.1. The van der Waals surface area contributed by atoms with Gasteiger partial charge in [0.2, 0.25) is 0 Å². The van der Waals surface area contributed by atoms with Crippen LogP contribution in [0.3, 0.4) is 0 Å². The first-order chi connectivity index (χ1) is 6.72. The van der Waals surface area contributed by atoms with E-state index < -0.39 is 0 Å². The Bertz CT molecular complexity index is 158. The summed E-state index contributed by atoms with van der Waals surface area (Å²) in [5, 5.41) is 0. The van der Waals surface area contributed by atoms with Crippen LogP contribution in [0.15, 0.2) is 0 Å². The number of esters is 1. The zero-order valence-corrected chi connectivity index (χ0v) is 11.2. The minimum Gasteiger partial charge on any atom is -1.00 e. The third kappa shape index (κ3) is 10.4. The van der Waals surface area contributed by atoms with Crippen molar-refractivity contribution in [2.45, 2.75) is 38.6 Å². The van der Waals surface area contributed by atoms with Gasteiger partial charge in [-0.05, 0) is 18.4 Å². The van der Waals surface area contributed by atoms with E-state index in [1.54, 1.807) is 11.8 Å². The average molecular weight is 256 g/mol. The van der Waals surface area contributed by atoms with Crippen molar-refractivity contribution in [1.29, 1.82) is 0 Å². The van der Waals surface area contributed by atoms with E-state index >= 15 is 0 Å². The molecule has 0 aromatic heterocycles. The summed E-state index contributed by atoms with van der Waals surface area (Å²) in [7, 11) is 0. The highest BCUT2D eigenvalue weighted by atomic mass is 35.5. The molecule has 0 saturated carbocycles. The second-order valence-corrected chi connectivity index (χ2v) is 4.34. The summed E-state index contributed by atoms with van der Waals surface area (Å²) in [5.74, 6) is 0.827. The van der Waals surface area contributed by atoms with E-state index in [0.717, 1.165) is 31.4 Å². The number of quaternary nitrogens is 1. The van der Waals surface area contributed by atoms with Gasteiger partial charge in [0.1, 0.15) is 0 Å². The number of carbonyl (C=O) groups excluding carboxylic acids is 1. The van der Waals surface area contributed by atoms with Crippen molar-refractivity contribution >= 4 is 17.7 Å². The van der Waals surface area contributed by atoms with Crippen LogP contribution in [0.4, 0.5) is 0 Å². The molecule has 3 N–H and O–H groups in total. The average Bonchev–Trinajstić information content (AvgIpc) is 2.20. The molecule has 0 heterocycles. The standard InChI is InChI=1S/C10H21NO2S.ClH/c1-3-4-5-7-13-10(12)9(11)6-8-14-2;/h9H,3-8,11H2,1-2H3;1H/t9-;/m1./s1. The van der Waals surface area contributed by atoms with Gasteiger partial charge in [-0.25, -0.2) is 4.79 Å². The molecule has 0 rings (SSSR count). The van der Waals surface area contributed by atoms with Gasteiger partial charge >= 0.3 is 5.97 Å². The van der Waals surface area contributed by atoms with Crippen molar-refractivity contribution in [1.82, 2.24) is 0 Å². The normalized spacial score (nSPS) is 11.7. The molecule has 15 heavy (non-hydrogen) atoms. The topological polar surface area (TPSA) is 53.9 Å².